The highest BCUT2D eigenvalue weighted by Crippen LogP contribution is 2.34. The Labute approximate surface area is 149 Å². The van der Waals surface area contributed by atoms with Crippen molar-refractivity contribution in [3.63, 3.8) is 0 Å². The highest BCUT2D eigenvalue weighted by atomic mass is 16.5. The van der Waals surface area contributed by atoms with Gasteiger partial charge in [-0.15, -0.1) is 0 Å². The number of urea groups is 1. The number of carbonyl (C=O) groups excluding carboxylic acids is 1. The molecule has 3 aliphatic rings. The van der Waals surface area contributed by atoms with Crippen molar-refractivity contribution in [2.45, 2.75) is 69.7 Å². The van der Waals surface area contributed by atoms with E-state index in [-0.39, 0.29) is 18.2 Å². The second-order valence-electron chi connectivity index (χ2n) is 7.47. The third-order valence-electron chi connectivity index (χ3n) is 5.61. The highest BCUT2D eigenvalue weighted by molar-refractivity contribution is 5.74. The number of amides is 2. The van der Waals surface area contributed by atoms with Crippen molar-refractivity contribution in [1.29, 1.82) is 0 Å². The molecule has 0 spiro atoms. The van der Waals surface area contributed by atoms with E-state index in [4.69, 9.17) is 4.74 Å². The fourth-order valence-corrected chi connectivity index (χ4v) is 4.20. The lowest BCUT2D eigenvalue weighted by molar-refractivity contribution is 0.0981. The van der Waals surface area contributed by atoms with Crippen molar-refractivity contribution in [2.75, 3.05) is 18.0 Å². The zero-order valence-electron chi connectivity index (χ0n) is 14.7. The van der Waals surface area contributed by atoms with Crippen LogP contribution in [0.1, 0.15) is 50.5 Å². The molecule has 1 aromatic heterocycles. The minimum atomic E-state index is -0.113. The van der Waals surface area contributed by atoms with Gasteiger partial charge in [-0.2, -0.15) is 0 Å². The largest absolute Gasteiger partial charge is 0.373 e. The van der Waals surface area contributed by atoms with Crippen LogP contribution in [-0.2, 0) is 11.3 Å². The smallest absolute Gasteiger partial charge is 0.315 e. The van der Waals surface area contributed by atoms with Gasteiger partial charge in [0, 0.05) is 25.8 Å². The fourth-order valence-electron chi connectivity index (χ4n) is 4.20. The average Bonchev–Trinajstić information content (AvgIpc) is 3.14. The molecule has 0 aromatic carbocycles. The summed E-state index contributed by atoms with van der Waals surface area (Å²) in [5.74, 6) is 1.05. The first-order chi connectivity index (χ1) is 12.3. The van der Waals surface area contributed by atoms with Crippen molar-refractivity contribution in [3.8, 4) is 0 Å². The third kappa shape index (κ3) is 4.06. The van der Waals surface area contributed by atoms with Crippen molar-refractivity contribution in [1.82, 2.24) is 15.6 Å². The van der Waals surface area contributed by atoms with Gasteiger partial charge in [-0.05, 0) is 43.7 Å². The van der Waals surface area contributed by atoms with Gasteiger partial charge >= 0.3 is 6.03 Å². The normalized spacial score (nSPS) is 28.6. The summed E-state index contributed by atoms with van der Waals surface area (Å²) >= 11 is 0. The van der Waals surface area contributed by atoms with Gasteiger partial charge in [-0.25, -0.2) is 9.78 Å². The third-order valence-corrected chi connectivity index (χ3v) is 5.61. The molecule has 2 N–H and O–H groups in total. The first-order valence-electron chi connectivity index (χ1n) is 9.67. The molecule has 0 saturated carbocycles. The number of hydrogen-bond acceptors (Lipinski definition) is 4. The lowest BCUT2D eigenvalue weighted by Crippen LogP contribution is -2.46. The number of carbonyl (C=O) groups is 1. The maximum Gasteiger partial charge on any atom is 0.315 e. The van der Waals surface area contributed by atoms with Gasteiger partial charge in [0.05, 0.1) is 18.2 Å². The van der Waals surface area contributed by atoms with E-state index in [9.17, 15) is 4.79 Å². The fraction of sp³-hybridized carbons (Fsp3) is 0.684. The van der Waals surface area contributed by atoms with Gasteiger partial charge in [-0.3, -0.25) is 0 Å². The SMILES string of the molecule is O=C(NCc1ccc(N2CCCCCC2)nc1)N[C@H]1C[C@H]2CC[C@H]1O2. The molecule has 4 rings (SSSR count). The molecule has 0 radical (unpaired) electrons. The molecule has 1 aromatic rings. The van der Waals surface area contributed by atoms with Crippen molar-refractivity contribution >= 4 is 11.8 Å². The summed E-state index contributed by atoms with van der Waals surface area (Å²) in [5, 5.41) is 5.98. The Morgan fingerprint density at radius 1 is 1.20 bits per heavy atom. The van der Waals surface area contributed by atoms with Gasteiger partial charge in [0.1, 0.15) is 5.82 Å². The van der Waals surface area contributed by atoms with Crippen LogP contribution in [-0.4, -0.2) is 42.4 Å². The monoisotopic (exact) mass is 344 g/mol. The molecule has 2 bridgehead atoms. The van der Waals surface area contributed by atoms with Crippen LogP contribution >= 0.6 is 0 Å². The predicted octanol–water partition coefficient (Wildman–Crippen LogP) is 2.58. The Bertz CT molecular complexity index is 584. The Morgan fingerprint density at radius 2 is 2.04 bits per heavy atom. The number of anilines is 1. The number of nitrogens with one attached hydrogen (secondary N) is 2. The van der Waals surface area contributed by atoms with E-state index in [0.717, 1.165) is 43.7 Å². The summed E-state index contributed by atoms with van der Waals surface area (Å²) in [6.45, 7) is 2.69. The minimum absolute atomic E-state index is 0.113. The molecule has 3 fully saturated rings. The molecule has 4 heterocycles. The van der Waals surface area contributed by atoms with E-state index in [1.807, 2.05) is 6.20 Å². The molecule has 3 aliphatic heterocycles. The molecule has 2 amide bonds. The van der Waals surface area contributed by atoms with Crippen molar-refractivity contribution < 1.29 is 9.53 Å². The van der Waals surface area contributed by atoms with Crippen LogP contribution in [0, 0.1) is 0 Å². The molecule has 3 saturated heterocycles. The highest BCUT2D eigenvalue weighted by Gasteiger charge is 2.41. The second-order valence-corrected chi connectivity index (χ2v) is 7.47. The number of aromatic nitrogens is 1. The minimum Gasteiger partial charge on any atom is -0.373 e. The van der Waals surface area contributed by atoms with E-state index in [1.54, 1.807) is 0 Å². The lowest BCUT2D eigenvalue weighted by atomic mass is 9.96. The first-order valence-corrected chi connectivity index (χ1v) is 9.67. The maximum atomic E-state index is 12.1. The van der Waals surface area contributed by atoms with E-state index in [2.05, 4.69) is 32.7 Å². The molecule has 136 valence electrons. The van der Waals surface area contributed by atoms with Gasteiger partial charge < -0.3 is 20.3 Å². The average molecular weight is 344 g/mol. The van der Waals surface area contributed by atoms with Crippen LogP contribution in [0.4, 0.5) is 10.6 Å². The standard InChI is InChI=1S/C19H28N4O2/c24-19(22-16-11-15-6-7-17(16)25-15)21-13-14-5-8-18(20-12-14)23-9-3-1-2-4-10-23/h5,8,12,15-17H,1-4,6-7,9-11,13H2,(H2,21,22,24)/t15-,16+,17-/m1/s1. The lowest BCUT2D eigenvalue weighted by Gasteiger charge is -2.21. The van der Waals surface area contributed by atoms with Crippen LogP contribution in [0.25, 0.3) is 0 Å². The van der Waals surface area contributed by atoms with Crippen LogP contribution in [0.2, 0.25) is 0 Å². The Kier molecular flexibility index (Phi) is 5.06. The van der Waals surface area contributed by atoms with Crippen molar-refractivity contribution in [2.24, 2.45) is 0 Å². The Morgan fingerprint density at radius 3 is 2.68 bits per heavy atom. The first kappa shape index (κ1) is 16.6. The van der Waals surface area contributed by atoms with Crippen LogP contribution in [0.3, 0.4) is 0 Å². The van der Waals surface area contributed by atoms with Crippen LogP contribution < -0.4 is 15.5 Å². The number of nitrogens with zero attached hydrogens (tertiary/aromatic N) is 2. The van der Waals surface area contributed by atoms with E-state index >= 15 is 0 Å². The molecular formula is C19H28N4O2. The Balaban J connectivity index is 1.24. The summed E-state index contributed by atoms with van der Waals surface area (Å²) in [6, 6.07) is 4.19. The molecule has 6 heteroatoms. The predicted molar refractivity (Wildman–Crippen MR) is 96.6 cm³/mol. The summed E-state index contributed by atoms with van der Waals surface area (Å²) < 4.78 is 5.77. The van der Waals surface area contributed by atoms with Crippen LogP contribution in [0.5, 0.6) is 0 Å². The van der Waals surface area contributed by atoms with E-state index in [0.29, 0.717) is 12.6 Å². The van der Waals surface area contributed by atoms with Gasteiger partial charge in [0.25, 0.3) is 0 Å². The topological polar surface area (TPSA) is 66.5 Å². The maximum absolute atomic E-state index is 12.1. The molecule has 25 heavy (non-hydrogen) atoms. The summed E-state index contributed by atoms with van der Waals surface area (Å²) in [4.78, 5) is 19.1. The Hall–Kier alpha value is -1.82. The number of fused-ring (bicyclic) bond motifs is 2. The zero-order valence-corrected chi connectivity index (χ0v) is 14.7. The second kappa shape index (κ2) is 7.60. The molecule has 0 unspecified atom stereocenters. The number of rotatable bonds is 4. The summed E-state index contributed by atoms with van der Waals surface area (Å²) in [7, 11) is 0. The molecular weight excluding hydrogens is 316 g/mol. The number of pyridine rings is 1. The van der Waals surface area contributed by atoms with Crippen molar-refractivity contribution in [3.05, 3.63) is 23.9 Å². The number of ether oxygens (including phenoxy) is 1. The van der Waals surface area contributed by atoms with E-state index < -0.39 is 0 Å². The van der Waals surface area contributed by atoms with E-state index in [1.165, 1.54) is 25.7 Å². The quantitative estimate of drug-likeness (QED) is 0.881. The molecule has 6 nitrogen and oxygen atoms in total. The molecule has 0 aliphatic carbocycles. The van der Waals surface area contributed by atoms with Gasteiger partial charge in [0.15, 0.2) is 0 Å². The van der Waals surface area contributed by atoms with Crippen LogP contribution in [0.15, 0.2) is 18.3 Å². The molecule has 3 atom stereocenters. The van der Waals surface area contributed by atoms with Gasteiger partial charge in [-0.1, -0.05) is 18.9 Å². The zero-order chi connectivity index (χ0) is 17.1. The summed E-state index contributed by atoms with van der Waals surface area (Å²) in [5.41, 5.74) is 1.03. The summed E-state index contributed by atoms with van der Waals surface area (Å²) in [6.07, 6.45) is 10.7. The van der Waals surface area contributed by atoms with Gasteiger partial charge in [0.2, 0.25) is 0 Å². The number of hydrogen-bond donors (Lipinski definition) is 2.